The van der Waals surface area contributed by atoms with Gasteiger partial charge in [-0.3, -0.25) is 0 Å². The summed E-state index contributed by atoms with van der Waals surface area (Å²) in [5.74, 6) is 0.854. The van der Waals surface area contributed by atoms with Gasteiger partial charge in [-0.25, -0.2) is 4.79 Å². The standard InChI is InChI=1S/C24H22BrCl2N5O4/c1-4-8-35-23(33)20-13(3)28-24-29-30-31-32(24)21(20)15-10-16(25)22(19(11-15)34-5-2)36-12-14-6-7-17(26)18(27)9-14/h4,6-7,9-11,21H,1,5,8,12H2,2-3H3,(H,28,29,31). The highest BCUT2D eigenvalue weighted by Crippen LogP contribution is 2.43. The molecule has 4 rings (SSSR count). The molecular formula is C24H22BrCl2N5O4. The molecule has 188 valence electrons. The van der Waals surface area contributed by atoms with Crippen LogP contribution in [0.4, 0.5) is 5.95 Å². The van der Waals surface area contributed by atoms with Crippen LogP contribution in [0.5, 0.6) is 11.5 Å². The lowest BCUT2D eigenvalue weighted by Crippen LogP contribution is -2.29. The summed E-state index contributed by atoms with van der Waals surface area (Å²) < 4.78 is 19.5. The quantitative estimate of drug-likeness (QED) is 0.247. The Kier molecular flexibility index (Phi) is 8.17. The molecule has 3 aromatic rings. The molecule has 0 aliphatic carbocycles. The lowest BCUT2D eigenvalue weighted by molar-refractivity contribution is -0.138. The van der Waals surface area contributed by atoms with Gasteiger partial charge >= 0.3 is 5.97 Å². The van der Waals surface area contributed by atoms with Crippen LogP contribution in [-0.2, 0) is 16.1 Å². The summed E-state index contributed by atoms with van der Waals surface area (Å²) in [6, 6.07) is 8.26. The van der Waals surface area contributed by atoms with Gasteiger partial charge in [0.25, 0.3) is 0 Å². The monoisotopic (exact) mass is 593 g/mol. The molecule has 12 heteroatoms. The van der Waals surface area contributed by atoms with Crippen LogP contribution in [0.25, 0.3) is 0 Å². The second-order valence-electron chi connectivity index (χ2n) is 7.70. The van der Waals surface area contributed by atoms with E-state index in [1.807, 2.05) is 19.1 Å². The molecule has 1 aliphatic heterocycles. The maximum atomic E-state index is 13.0. The van der Waals surface area contributed by atoms with Gasteiger partial charge in [0.15, 0.2) is 11.5 Å². The number of allylic oxidation sites excluding steroid dienone is 1. The van der Waals surface area contributed by atoms with Crippen LogP contribution in [0, 0.1) is 0 Å². The highest BCUT2D eigenvalue weighted by Gasteiger charge is 2.36. The number of carbonyl (C=O) groups is 1. The number of esters is 1. The van der Waals surface area contributed by atoms with Gasteiger partial charge in [-0.2, -0.15) is 4.68 Å². The van der Waals surface area contributed by atoms with Gasteiger partial charge in [0.1, 0.15) is 19.3 Å². The first-order valence-corrected chi connectivity index (χ1v) is 12.5. The third kappa shape index (κ3) is 5.35. The number of nitrogens with zero attached hydrogens (tertiary/aromatic N) is 4. The van der Waals surface area contributed by atoms with E-state index in [2.05, 4.69) is 43.4 Å². The smallest absolute Gasteiger partial charge is 0.338 e. The Balaban J connectivity index is 1.73. The first kappa shape index (κ1) is 26.0. The van der Waals surface area contributed by atoms with Crippen LogP contribution in [0.15, 0.2) is 58.7 Å². The van der Waals surface area contributed by atoms with Crippen LogP contribution < -0.4 is 14.8 Å². The zero-order valence-electron chi connectivity index (χ0n) is 19.4. The molecule has 2 heterocycles. The largest absolute Gasteiger partial charge is 0.490 e. The molecule has 0 saturated carbocycles. The van der Waals surface area contributed by atoms with Crippen molar-refractivity contribution < 1.29 is 19.0 Å². The number of hydrogen-bond donors (Lipinski definition) is 1. The number of nitrogens with one attached hydrogen (secondary N) is 1. The van der Waals surface area contributed by atoms with Crippen molar-refractivity contribution in [3.63, 3.8) is 0 Å². The maximum Gasteiger partial charge on any atom is 0.338 e. The highest BCUT2D eigenvalue weighted by atomic mass is 79.9. The second-order valence-corrected chi connectivity index (χ2v) is 9.37. The number of aromatic nitrogens is 4. The van der Waals surface area contributed by atoms with E-state index in [9.17, 15) is 4.79 Å². The molecule has 0 saturated heterocycles. The number of benzene rings is 2. The van der Waals surface area contributed by atoms with Crippen molar-refractivity contribution >= 4 is 51.0 Å². The van der Waals surface area contributed by atoms with Crippen molar-refractivity contribution in [3.8, 4) is 11.5 Å². The number of hydrogen-bond acceptors (Lipinski definition) is 8. The molecule has 1 atom stereocenters. The fourth-order valence-corrected chi connectivity index (χ4v) is 4.63. The summed E-state index contributed by atoms with van der Waals surface area (Å²) in [5.41, 5.74) is 2.46. The van der Waals surface area contributed by atoms with E-state index in [0.717, 1.165) is 5.56 Å². The van der Waals surface area contributed by atoms with Gasteiger partial charge in [-0.15, -0.1) is 0 Å². The predicted molar refractivity (Wildman–Crippen MR) is 140 cm³/mol. The maximum absolute atomic E-state index is 13.0. The Bertz CT molecular complexity index is 1340. The minimum atomic E-state index is -0.673. The van der Waals surface area contributed by atoms with Gasteiger partial charge in [-0.1, -0.05) is 47.0 Å². The molecule has 0 spiro atoms. The lowest BCUT2D eigenvalue weighted by atomic mass is 9.95. The normalized spacial score (nSPS) is 14.6. The third-order valence-corrected chi connectivity index (χ3v) is 6.61. The third-order valence-electron chi connectivity index (χ3n) is 5.28. The molecule has 0 bridgehead atoms. The number of ether oxygens (including phenoxy) is 3. The van der Waals surface area contributed by atoms with E-state index in [1.54, 1.807) is 25.1 Å². The number of fused-ring (bicyclic) bond motifs is 1. The molecule has 1 unspecified atom stereocenters. The molecule has 0 fully saturated rings. The van der Waals surface area contributed by atoms with Crippen molar-refractivity contribution in [1.29, 1.82) is 0 Å². The van der Waals surface area contributed by atoms with Gasteiger partial charge in [-0.05, 0) is 75.6 Å². The van der Waals surface area contributed by atoms with Crippen molar-refractivity contribution in [1.82, 2.24) is 20.2 Å². The Morgan fingerprint density at radius 3 is 2.78 bits per heavy atom. The zero-order valence-corrected chi connectivity index (χ0v) is 22.5. The molecule has 36 heavy (non-hydrogen) atoms. The molecule has 9 nitrogen and oxygen atoms in total. The van der Waals surface area contributed by atoms with Gasteiger partial charge in [0, 0.05) is 5.70 Å². The Hall–Kier alpha value is -3.08. The van der Waals surface area contributed by atoms with Crippen molar-refractivity contribution in [2.45, 2.75) is 26.5 Å². The van der Waals surface area contributed by atoms with Gasteiger partial charge in [0.2, 0.25) is 5.95 Å². The van der Waals surface area contributed by atoms with E-state index in [-0.39, 0.29) is 13.2 Å². The van der Waals surface area contributed by atoms with Crippen LogP contribution in [-0.4, -0.2) is 39.4 Å². The average Bonchev–Trinajstić information content (AvgIpc) is 3.31. The summed E-state index contributed by atoms with van der Waals surface area (Å²) in [6.45, 7) is 7.94. The fourth-order valence-electron chi connectivity index (χ4n) is 3.73. The Morgan fingerprint density at radius 2 is 2.06 bits per heavy atom. The number of anilines is 1. The van der Waals surface area contributed by atoms with E-state index in [1.165, 1.54) is 10.8 Å². The average molecular weight is 595 g/mol. The first-order chi connectivity index (χ1) is 17.3. The van der Waals surface area contributed by atoms with Gasteiger partial charge in [0.05, 0.1) is 26.7 Å². The van der Waals surface area contributed by atoms with E-state index < -0.39 is 12.0 Å². The highest BCUT2D eigenvalue weighted by molar-refractivity contribution is 9.10. The van der Waals surface area contributed by atoms with Crippen molar-refractivity contribution in [2.75, 3.05) is 18.5 Å². The number of halogens is 3. The van der Waals surface area contributed by atoms with Crippen LogP contribution in [0.3, 0.4) is 0 Å². The first-order valence-electron chi connectivity index (χ1n) is 10.9. The summed E-state index contributed by atoms with van der Waals surface area (Å²) in [5, 5.41) is 15.8. The molecule has 1 aliphatic rings. The minimum Gasteiger partial charge on any atom is -0.490 e. The Morgan fingerprint density at radius 1 is 1.25 bits per heavy atom. The van der Waals surface area contributed by atoms with E-state index in [0.29, 0.717) is 55.4 Å². The van der Waals surface area contributed by atoms with Crippen LogP contribution >= 0.6 is 39.1 Å². The topological polar surface area (TPSA) is 100 Å². The van der Waals surface area contributed by atoms with Crippen molar-refractivity contribution in [2.24, 2.45) is 0 Å². The summed E-state index contributed by atoms with van der Waals surface area (Å²) in [6.07, 6.45) is 1.51. The van der Waals surface area contributed by atoms with Crippen LogP contribution in [0.2, 0.25) is 10.0 Å². The van der Waals surface area contributed by atoms with E-state index in [4.69, 9.17) is 37.4 Å². The molecule has 0 amide bonds. The summed E-state index contributed by atoms with van der Waals surface area (Å²) in [7, 11) is 0. The number of carbonyl (C=O) groups excluding carboxylic acids is 1. The Labute approximate surface area is 226 Å². The van der Waals surface area contributed by atoms with Crippen molar-refractivity contribution in [3.05, 3.63) is 79.9 Å². The molecule has 1 aromatic heterocycles. The predicted octanol–water partition coefficient (Wildman–Crippen LogP) is 5.74. The lowest BCUT2D eigenvalue weighted by Gasteiger charge is -2.28. The van der Waals surface area contributed by atoms with Gasteiger partial charge < -0.3 is 19.5 Å². The number of rotatable bonds is 9. The fraction of sp³-hybridized carbons (Fsp3) is 0.250. The second kappa shape index (κ2) is 11.3. The van der Waals surface area contributed by atoms with Crippen LogP contribution in [0.1, 0.15) is 31.0 Å². The van der Waals surface area contributed by atoms with E-state index >= 15 is 0 Å². The minimum absolute atomic E-state index is 0.0696. The summed E-state index contributed by atoms with van der Waals surface area (Å²) >= 11 is 15.8. The molecular weight excluding hydrogens is 573 g/mol. The SMILES string of the molecule is C=CCOC(=O)C1=C(C)Nc2nnnn2C1c1cc(Br)c(OCc2ccc(Cl)c(Cl)c2)c(OCC)c1. The summed E-state index contributed by atoms with van der Waals surface area (Å²) in [4.78, 5) is 13.0. The molecule has 1 N–H and O–H groups in total. The molecule has 2 aromatic carbocycles. The zero-order chi connectivity index (χ0) is 25.8. The number of tetrazole rings is 1. The molecule has 0 radical (unpaired) electrons.